The summed E-state index contributed by atoms with van der Waals surface area (Å²) in [6.07, 6.45) is 3.07. The second-order valence-corrected chi connectivity index (χ2v) is 7.06. The van der Waals surface area contributed by atoms with Crippen molar-refractivity contribution in [1.82, 2.24) is 4.98 Å². The molecule has 4 aromatic rings. The van der Waals surface area contributed by atoms with E-state index in [1.54, 1.807) is 24.3 Å². The SMILES string of the molecule is OC1c2ccccc2COc2ccc(/C=C/c3ccc4c(F)cccc4n3)cc21. The molecule has 1 aliphatic heterocycles. The van der Waals surface area contributed by atoms with Gasteiger partial charge in [-0.05, 0) is 59.2 Å². The predicted octanol–water partition coefficient (Wildman–Crippen LogP) is 5.52. The van der Waals surface area contributed by atoms with Gasteiger partial charge in [0.1, 0.15) is 24.3 Å². The lowest BCUT2D eigenvalue weighted by molar-refractivity contribution is 0.218. The second kappa shape index (κ2) is 7.15. The summed E-state index contributed by atoms with van der Waals surface area (Å²) in [7, 11) is 0. The first-order valence-corrected chi connectivity index (χ1v) is 9.45. The molecule has 0 aliphatic carbocycles. The summed E-state index contributed by atoms with van der Waals surface area (Å²) in [6, 6.07) is 21.9. The molecule has 142 valence electrons. The van der Waals surface area contributed by atoms with Gasteiger partial charge in [0.05, 0.1) is 11.2 Å². The van der Waals surface area contributed by atoms with Crippen molar-refractivity contribution in [3.8, 4) is 5.75 Å². The van der Waals surface area contributed by atoms with Crippen LogP contribution in [0.5, 0.6) is 5.75 Å². The minimum Gasteiger partial charge on any atom is -0.488 e. The second-order valence-electron chi connectivity index (χ2n) is 7.06. The van der Waals surface area contributed by atoms with E-state index in [1.807, 2.05) is 54.6 Å². The summed E-state index contributed by atoms with van der Waals surface area (Å²) in [6.45, 7) is 0.437. The lowest BCUT2D eigenvalue weighted by Crippen LogP contribution is -2.01. The Labute approximate surface area is 167 Å². The molecule has 3 aromatic carbocycles. The van der Waals surface area contributed by atoms with Crippen LogP contribution in [-0.2, 0) is 6.61 Å². The van der Waals surface area contributed by atoms with Crippen LogP contribution in [-0.4, -0.2) is 10.1 Å². The van der Waals surface area contributed by atoms with Gasteiger partial charge >= 0.3 is 0 Å². The molecule has 0 saturated heterocycles. The molecule has 0 radical (unpaired) electrons. The van der Waals surface area contributed by atoms with Crippen molar-refractivity contribution < 1.29 is 14.2 Å². The molecular weight excluding hydrogens is 365 g/mol. The number of hydrogen-bond acceptors (Lipinski definition) is 3. The zero-order chi connectivity index (χ0) is 19.8. The molecule has 2 heterocycles. The number of rotatable bonds is 2. The summed E-state index contributed by atoms with van der Waals surface area (Å²) in [5.74, 6) is 0.413. The summed E-state index contributed by atoms with van der Waals surface area (Å²) < 4.78 is 19.7. The van der Waals surface area contributed by atoms with Crippen molar-refractivity contribution in [3.63, 3.8) is 0 Å². The van der Waals surface area contributed by atoms with Gasteiger partial charge in [-0.1, -0.05) is 42.5 Å². The molecule has 1 aromatic heterocycles. The molecule has 0 spiro atoms. The molecule has 0 saturated carbocycles. The smallest absolute Gasteiger partial charge is 0.132 e. The Morgan fingerprint density at radius 1 is 0.931 bits per heavy atom. The van der Waals surface area contributed by atoms with Crippen LogP contribution >= 0.6 is 0 Å². The van der Waals surface area contributed by atoms with Crippen molar-refractivity contribution in [2.24, 2.45) is 0 Å². The van der Waals surface area contributed by atoms with Gasteiger partial charge in [-0.2, -0.15) is 0 Å². The number of aliphatic hydroxyl groups excluding tert-OH is 1. The number of aromatic nitrogens is 1. The van der Waals surface area contributed by atoms with E-state index >= 15 is 0 Å². The van der Waals surface area contributed by atoms with E-state index in [-0.39, 0.29) is 5.82 Å². The summed E-state index contributed by atoms with van der Waals surface area (Å²) in [5.41, 5.74) is 4.87. The molecule has 29 heavy (non-hydrogen) atoms. The Morgan fingerprint density at radius 2 is 1.83 bits per heavy atom. The maximum atomic E-state index is 13.8. The monoisotopic (exact) mass is 383 g/mol. The molecule has 1 atom stereocenters. The number of hydrogen-bond donors (Lipinski definition) is 1. The standard InChI is InChI=1S/C25H18FNO2/c26-22-6-3-7-23-20(22)12-11-18(27-23)10-8-16-9-13-24-21(14-16)25(28)19-5-2-1-4-17(19)15-29-24/h1-14,25,28H,15H2/b10-8+. The first kappa shape index (κ1) is 17.6. The van der Waals surface area contributed by atoms with Gasteiger partial charge in [0.2, 0.25) is 0 Å². The number of ether oxygens (including phenoxy) is 1. The molecule has 1 unspecified atom stereocenters. The Morgan fingerprint density at radius 3 is 2.76 bits per heavy atom. The van der Waals surface area contributed by atoms with Crippen LogP contribution in [0.15, 0.2) is 72.8 Å². The van der Waals surface area contributed by atoms with Gasteiger partial charge in [-0.15, -0.1) is 0 Å². The third-order valence-corrected chi connectivity index (χ3v) is 5.21. The molecule has 4 heteroatoms. The normalized spacial score (nSPS) is 15.6. The third kappa shape index (κ3) is 3.28. The van der Waals surface area contributed by atoms with Crippen LogP contribution in [0.1, 0.15) is 34.1 Å². The minimum atomic E-state index is -0.737. The highest BCUT2D eigenvalue weighted by Crippen LogP contribution is 2.36. The summed E-state index contributed by atoms with van der Waals surface area (Å²) >= 11 is 0. The van der Waals surface area contributed by atoms with Gasteiger partial charge < -0.3 is 9.84 Å². The first-order chi connectivity index (χ1) is 14.2. The Kier molecular flexibility index (Phi) is 4.34. The molecule has 0 fully saturated rings. The number of nitrogens with zero attached hydrogens (tertiary/aromatic N) is 1. The van der Waals surface area contributed by atoms with Gasteiger partial charge in [-0.3, -0.25) is 0 Å². The van der Waals surface area contributed by atoms with E-state index in [1.165, 1.54) is 6.07 Å². The maximum Gasteiger partial charge on any atom is 0.132 e. The van der Waals surface area contributed by atoms with Gasteiger partial charge in [-0.25, -0.2) is 9.37 Å². The van der Waals surface area contributed by atoms with Crippen LogP contribution < -0.4 is 4.74 Å². The van der Waals surface area contributed by atoms with E-state index in [0.717, 1.165) is 27.9 Å². The predicted molar refractivity (Wildman–Crippen MR) is 112 cm³/mol. The largest absolute Gasteiger partial charge is 0.488 e. The van der Waals surface area contributed by atoms with Crippen LogP contribution in [0.2, 0.25) is 0 Å². The van der Waals surface area contributed by atoms with Crippen molar-refractivity contribution >= 4 is 23.1 Å². The van der Waals surface area contributed by atoms with Gasteiger partial charge in [0.25, 0.3) is 0 Å². The highest BCUT2D eigenvalue weighted by molar-refractivity contribution is 5.81. The highest BCUT2D eigenvalue weighted by Gasteiger charge is 2.22. The molecular formula is C25H18FNO2. The average Bonchev–Trinajstić information content (AvgIpc) is 2.89. The number of aliphatic hydroxyl groups is 1. The lowest BCUT2D eigenvalue weighted by Gasteiger charge is -2.13. The zero-order valence-electron chi connectivity index (χ0n) is 15.5. The van der Waals surface area contributed by atoms with E-state index in [0.29, 0.717) is 23.3 Å². The van der Waals surface area contributed by atoms with Gasteiger partial charge in [0, 0.05) is 10.9 Å². The minimum absolute atomic E-state index is 0.273. The van der Waals surface area contributed by atoms with Crippen molar-refractivity contribution in [2.45, 2.75) is 12.7 Å². The van der Waals surface area contributed by atoms with Crippen molar-refractivity contribution in [2.75, 3.05) is 0 Å². The summed E-state index contributed by atoms with van der Waals surface area (Å²) in [4.78, 5) is 4.50. The Balaban J connectivity index is 1.48. The van der Waals surface area contributed by atoms with Crippen LogP contribution in [0.25, 0.3) is 23.1 Å². The van der Waals surface area contributed by atoms with E-state index < -0.39 is 6.10 Å². The number of fused-ring (bicyclic) bond motifs is 3. The van der Waals surface area contributed by atoms with E-state index in [9.17, 15) is 9.50 Å². The van der Waals surface area contributed by atoms with Crippen LogP contribution in [0.3, 0.4) is 0 Å². The summed E-state index contributed by atoms with van der Waals surface area (Å²) in [5, 5.41) is 11.4. The number of pyridine rings is 1. The number of halogens is 1. The average molecular weight is 383 g/mol. The van der Waals surface area contributed by atoms with E-state index in [2.05, 4.69) is 4.98 Å². The molecule has 1 aliphatic rings. The maximum absolute atomic E-state index is 13.8. The quantitative estimate of drug-likeness (QED) is 0.496. The lowest BCUT2D eigenvalue weighted by atomic mass is 9.96. The highest BCUT2D eigenvalue weighted by atomic mass is 19.1. The third-order valence-electron chi connectivity index (χ3n) is 5.21. The molecule has 5 rings (SSSR count). The fraction of sp³-hybridized carbons (Fsp3) is 0.0800. The van der Waals surface area contributed by atoms with Crippen molar-refractivity contribution in [3.05, 3.63) is 107 Å². The van der Waals surface area contributed by atoms with E-state index in [4.69, 9.17) is 4.74 Å². The Hall–Kier alpha value is -3.50. The fourth-order valence-electron chi connectivity index (χ4n) is 3.68. The first-order valence-electron chi connectivity index (χ1n) is 9.45. The number of benzene rings is 3. The fourth-order valence-corrected chi connectivity index (χ4v) is 3.68. The molecule has 0 bridgehead atoms. The van der Waals surface area contributed by atoms with Crippen molar-refractivity contribution in [1.29, 1.82) is 0 Å². The van der Waals surface area contributed by atoms with Crippen LogP contribution in [0, 0.1) is 5.82 Å². The van der Waals surface area contributed by atoms with Gasteiger partial charge in [0.15, 0.2) is 0 Å². The zero-order valence-corrected chi connectivity index (χ0v) is 15.5. The molecule has 1 N–H and O–H groups in total. The molecule has 3 nitrogen and oxygen atoms in total. The topological polar surface area (TPSA) is 42.4 Å². The van der Waals surface area contributed by atoms with Crippen LogP contribution in [0.4, 0.5) is 4.39 Å². The Bertz CT molecular complexity index is 1250. The molecule has 0 amide bonds.